The predicted octanol–water partition coefficient (Wildman–Crippen LogP) is 3.88. The van der Waals surface area contributed by atoms with Crippen LogP contribution in [0, 0.1) is 28.6 Å². The van der Waals surface area contributed by atoms with Crippen molar-refractivity contribution in [3.8, 4) is 0 Å². The van der Waals surface area contributed by atoms with Crippen LogP contribution >= 0.6 is 0 Å². The standard InChI is InChI=1S/C19H28O2/c1-18-9-7-13(20)11-12(18)3-4-14-15-5-6-17(21)19(15,2)10-8-16(14)18/h3,13-16,20H,4-11H2,1-2H3/t13?,14-,15-,16+,18-,19-/m0/s1. The topological polar surface area (TPSA) is 37.3 Å². The van der Waals surface area contributed by atoms with E-state index < -0.39 is 0 Å². The van der Waals surface area contributed by atoms with Crippen molar-refractivity contribution in [1.29, 1.82) is 0 Å². The van der Waals surface area contributed by atoms with Gasteiger partial charge in [-0.2, -0.15) is 0 Å². The third-order valence-electron chi connectivity index (χ3n) is 7.79. The zero-order valence-corrected chi connectivity index (χ0v) is 13.4. The first-order valence-electron chi connectivity index (χ1n) is 8.86. The molecule has 4 aliphatic rings. The van der Waals surface area contributed by atoms with E-state index >= 15 is 0 Å². The average molecular weight is 288 g/mol. The second kappa shape index (κ2) is 4.44. The van der Waals surface area contributed by atoms with Gasteiger partial charge in [0.2, 0.25) is 0 Å². The highest BCUT2D eigenvalue weighted by Crippen LogP contribution is 2.63. The van der Waals surface area contributed by atoms with E-state index in [4.69, 9.17) is 0 Å². The molecule has 3 fully saturated rings. The average Bonchev–Trinajstić information content (AvgIpc) is 2.76. The van der Waals surface area contributed by atoms with Gasteiger partial charge in [0.05, 0.1) is 6.10 Å². The summed E-state index contributed by atoms with van der Waals surface area (Å²) in [5.41, 5.74) is 1.81. The van der Waals surface area contributed by atoms with E-state index in [0.29, 0.717) is 23.0 Å². The van der Waals surface area contributed by atoms with Crippen molar-refractivity contribution >= 4 is 5.78 Å². The normalized spacial score (nSPS) is 52.7. The largest absolute Gasteiger partial charge is 0.393 e. The van der Waals surface area contributed by atoms with Crippen LogP contribution in [0.15, 0.2) is 11.6 Å². The molecule has 0 aliphatic heterocycles. The summed E-state index contributed by atoms with van der Waals surface area (Å²) in [6.45, 7) is 4.69. The fourth-order valence-corrected chi connectivity index (χ4v) is 6.41. The maximum Gasteiger partial charge on any atom is 0.139 e. The monoisotopic (exact) mass is 288 g/mol. The molecule has 21 heavy (non-hydrogen) atoms. The van der Waals surface area contributed by atoms with Gasteiger partial charge in [-0.1, -0.05) is 25.5 Å². The smallest absolute Gasteiger partial charge is 0.139 e. The molecule has 0 spiro atoms. The molecule has 1 unspecified atom stereocenters. The summed E-state index contributed by atoms with van der Waals surface area (Å²) >= 11 is 0. The van der Waals surface area contributed by atoms with Crippen molar-refractivity contribution in [2.75, 3.05) is 0 Å². The van der Waals surface area contributed by atoms with Gasteiger partial charge in [0.15, 0.2) is 0 Å². The van der Waals surface area contributed by atoms with Crippen molar-refractivity contribution in [3.63, 3.8) is 0 Å². The molecule has 3 saturated carbocycles. The maximum atomic E-state index is 12.4. The minimum Gasteiger partial charge on any atom is -0.393 e. The first kappa shape index (κ1) is 14.0. The second-order valence-electron chi connectivity index (χ2n) is 8.57. The number of hydrogen-bond donors (Lipinski definition) is 1. The van der Waals surface area contributed by atoms with Gasteiger partial charge >= 0.3 is 0 Å². The molecular weight excluding hydrogens is 260 g/mol. The Hall–Kier alpha value is -0.630. The van der Waals surface area contributed by atoms with Crippen LogP contribution in [0.3, 0.4) is 0 Å². The quantitative estimate of drug-likeness (QED) is 0.687. The van der Waals surface area contributed by atoms with Gasteiger partial charge < -0.3 is 5.11 Å². The molecule has 0 aromatic heterocycles. The Morgan fingerprint density at radius 2 is 1.81 bits per heavy atom. The summed E-state index contributed by atoms with van der Waals surface area (Å²) in [7, 11) is 0. The zero-order valence-electron chi connectivity index (χ0n) is 13.4. The molecule has 0 amide bonds. The van der Waals surface area contributed by atoms with Crippen molar-refractivity contribution in [3.05, 3.63) is 11.6 Å². The van der Waals surface area contributed by atoms with Gasteiger partial charge in [0, 0.05) is 11.8 Å². The molecule has 0 saturated heterocycles. The van der Waals surface area contributed by atoms with Crippen molar-refractivity contribution in [1.82, 2.24) is 0 Å². The van der Waals surface area contributed by atoms with Gasteiger partial charge in [-0.15, -0.1) is 0 Å². The van der Waals surface area contributed by atoms with Crippen molar-refractivity contribution in [2.45, 2.75) is 71.3 Å². The highest BCUT2D eigenvalue weighted by Gasteiger charge is 2.58. The molecule has 2 heteroatoms. The van der Waals surface area contributed by atoms with Crippen LogP contribution in [0.2, 0.25) is 0 Å². The third-order valence-corrected chi connectivity index (χ3v) is 7.79. The van der Waals surface area contributed by atoms with Gasteiger partial charge in [0.25, 0.3) is 0 Å². The lowest BCUT2D eigenvalue weighted by molar-refractivity contribution is -0.132. The zero-order chi connectivity index (χ0) is 14.8. The minimum atomic E-state index is -0.122. The van der Waals surface area contributed by atoms with E-state index in [1.54, 1.807) is 0 Å². The Balaban J connectivity index is 1.69. The fourth-order valence-electron chi connectivity index (χ4n) is 6.41. The number of aliphatic hydroxyl groups is 1. The number of hydrogen-bond acceptors (Lipinski definition) is 2. The van der Waals surface area contributed by atoms with Crippen LogP contribution in [0.5, 0.6) is 0 Å². The fraction of sp³-hybridized carbons (Fsp3) is 0.842. The molecule has 1 N–H and O–H groups in total. The van der Waals surface area contributed by atoms with Crippen LogP contribution in [-0.2, 0) is 4.79 Å². The maximum absolute atomic E-state index is 12.4. The van der Waals surface area contributed by atoms with Gasteiger partial charge in [0.1, 0.15) is 5.78 Å². The Labute approximate surface area is 128 Å². The predicted molar refractivity (Wildman–Crippen MR) is 82.7 cm³/mol. The summed E-state index contributed by atoms with van der Waals surface area (Å²) in [6.07, 6.45) is 10.7. The summed E-state index contributed by atoms with van der Waals surface area (Å²) in [6, 6.07) is 0. The molecule has 4 rings (SSSR count). The number of ketones is 1. The van der Waals surface area contributed by atoms with E-state index in [9.17, 15) is 9.90 Å². The Morgan fingerprint density at radius 3 is 2.62 bits per heavy atom. The van der Waals surface area contributed by atoms with Crippen molar-refractivity contribution < 1.29 is 9.90 Å². The van der Waals surface area contributed by atoms with Crippen LogP contribution in [0.4, 0.5) is 0 Å². The van der Waals surface area contributed by atoms with Crippen LogP contribution in [-0.4, -0.2) is 17.0 Å². The molecule has 0 heterocycles. The number of carbonyl (C=O) groups excluding carboxylic acids is 1. The minimum absolute atomic E-state index is 0.0168. The van der Waals surface area contributed by atoms with Gasteiger partial charge in [-0.05, 0) is 68.1 Å². The van der Waals surface area contributed by atoms with Crippen LogP contribution < -0.4 is 0 Å². The van der Waals surface area contributed by atoms with E-state index in [0.717, 1.165) is 50.9 Å². The first-order chi connectivity index (χ1) is 9.95. The number of carbonyl (C=O) groups is 1. The molecule has 116 valence electrons. The highest BCUT2D eigenvalue weighted by atomic mass is 16.3. The third kappa shape index (κ3) is 1.78. The molecule has 0 radical (unpaired) electrons. The highest BCUT2D eigenvalue weighted by molar-refractivity contribution is 5.87. The molecule has 0 aromatic carbocycles. The van der Waals surface area contributed by atoms with Gasteiger partial charge in [-0.25, -0.2) is 0 Å². The molecule has 4 aliphatic carbocycles. The summed E-state index contributed by atoms with van der Waals surface area (Å²) in [5, 5.41) is 10.00. The van der Waals surface area contributed by atoms with E-state index in [1.807, 2.05) is 0 Å². The number of Topliss-reactive ketones (excluding diaryl/α,β-unsaturated/α-hetero) is 1. The molecule has 6 atom stereocenters. The van der Waals surface area contributed by atoms with Gasteiger partial charge in [-0.3, -0.25) is 4.79 Å². The lowest BCUT2D eigenvalue weighted by atomic mass is 9.48. The first-order valence-corrected chi connectivity index (χ1v) is 8.86. The van der Waals surface area contributed by atoms with Crippen LogP contribution in [0.1, 0.15) is 65.2 Å². The lowest BCUT2D eigenvalue weighted by Crippen LogP contribution is -2.50. The summed E-state index contributed by atoms with van der Waals surface area (Å²) in [5.74, 6) is 2.60. The number of aliphatic hydroxyl groups excluding tert-OH is 1. The SMILES string of the molecule is C[C@]12CCC(O)CC1=CC[C@@H]1[C@H]2CC[C@]2(C)C(=O)CC[C@@H]12. The Bertz CT molecular complexity index is 508. The molecule has 2 nitrogen and oxygen atoms in total. The summed E-state index contributed by atoms with van der Waals surface area (Å²) in [4.78, 5) is 12.4. The van der Waals surface area contributed by atoms with E-state index in [2.05, 4.69) is 19.9 Å². The Morgan fingerprint density at radius 1 is 1.10 bits per heavy atom. The molecule has 0 bridgehead atoms. The molecule has 0 aromatic rings. The summed E-state index contributed by atoms with van der Waals surface area (Å²) < 4.78 is 0. The van der Waals surface area contributed by atoms with Crippen LogP contribution in [0.25, 0.3) is 0 Å². The second-order valence-corrected chi connectivity index (χ2v) is 8.57. The lowest BCUT2D eigenvalue weighted by Gasteiger charge is -2.56. The number of rotatable bonds is 0. The van der Waals surface area contributed by atoms with Crippen molar-refractivity contribution in [2.24, 2.45) is 28.6 Å². The molecular formula is C19H28O2. The number of fused-ring (bicyclic) bond motifs is 5. The number of allylic oxidation sites excluding steroid dienone is 1. The Kier molecular flexibility index (Phi) is 2.96. The van der Waals surface area contributed by atoms with E-state index in [-0.39, 0.29) is 11.5 Å². The van der Waals surface area contributed by atoms with E-state index in [1.165, 1.54) is 12.0 Å².